The van der Waals surface area contributed by atoms with Crippen molar-refractivity contribution in [3.8, 4) is 0 Å². The number of ether oxygens (including phenoxy) is 2. The molecular weight excluding hydrogens is 260 g/mol. The van der Waals surface area contributed by atoms with Gasteiger partial charge in [0, 0.05) is 6.42 Å². The molecule has 3 aliphatic rings. The van der Waals surface area contributed by atoms with Gasteiger partial charge in [-0.25, -0.2) is 0 Å². The zero-order valence-electron chi connectivity index (χ0n) is 12.4. The summed E-state index contributed by atoms with van der Waals surface area (Å²) < 4.78 is 11.8. The first kappa shape index (κ1) is 14.2. The molecule has 1 saturated heterocycles. The van der Waals surface area contributed by atoms with Crippen molar-refractivity contribution in [2.45, 2.75) is 76.2 Å². The molecule has 0 radical (unpaired) electrons. The molecule has 0 aromatic carbocycles. The van der Waals surface area contributed by atoms with Crippen LogP contribution in [0.25, 0.3) is 0 Å². The van der Waals surface area contributed by atoms with Gasteiger partial charge >= 0.3 is 0 Å². The van der Waals surface area contributed by atoms with Crippen LogP contribution in [-0.2, 0) is 14.3 Å². The minimum absolute atomic E-state index is 0.103. The van der Waals surface area contributed by atoms with Crippen LogP contribution in [0, 0.1) is 0 Å². The summed E-state index contributed by atoms with van der Waals surface area (Å²) in [6, 6.07) is 0. The number of hydrogen-bond acceptors (Lipinski definition) is 5. The Labute approximate surface area is 118 Å². The van der Waals surface area contributed by atoms with Crippen LogP contribution in [0.2, 0.25) is 0 Å². The lowest BCUT2D eigenvalue weighted by Gasteiger charge is -2.39. The molecule has 5 nitrogen and oxygen atoms in total. The first-order valence-corrected chi connectivity index (χ1v) is 7.11. The van der Waals surface area contributed by atoms with Gasteiger partial charge in [0.05, 0.1) is 11.2 Å². The minimum atomic E-state index is -1.36. The summed E-state index contributed by atoms with van der Waals surface area (Å²) in [5, 5.41) is 20.5. The third-order valence-corrected chi connectivity index (χ3v) is 4.81. The highest BCUT2D eigenvalue weighted by molar-refractivity contribution is 5.92. The highest BCUT2D eigenvalue weighted by Gasteiger charge is 2.62. The van der Waals surface area contributed by atoms with Crippen LogP contribution in [0.1, 0.15) is 47.0 Å². The van der Waals surface area contributed by atoms with Crippen LogP contribution >= 0.6 is 0 Å². The number of fused-ring (bicyclic) bond motifs is 1. The second kappa shape index (κ2) is 3.91. The van der Waals surface area contributed by atoms with Crippen LogP contribution < -0.4 is 0 Å². The van der Waals surface area contributed by atoms with Crippen LogP contribution in [0.4, 0.5) is 0 Å². The lowest BCUT2D eigenvalue weighted by molar-refractivity contribution is -0.243. The fourth-order valence-electron chi connectivity index (χ4n) is 3.57. The van der Waals surface area contributed by atoms with E-state index >= 15 is 0 Å². The van der Waals surface area contributed by atoms with Crippen LogP contribution in [-0.4, -0.2) is 45.2 Å². The number of aliphatic hydroxyl groups excluding tert-OH is 1. The van der Waals surface area contributed by atoms with Crippen molar-refractivity contribution in [2.75, 3.05) is 0 Å². The Morgan fingerprint density at radius 2 is 1.95 bits per heavy atom. The summed E-state index contributed by atoms with van der Waals surface area (Å²) in [6.07, 6.45) is -0.345. The highest BCUT2D eigenvalue weighted by atomic mass is 16.7. The van der Waals surface area contributed by atoms with Gasteiger partial charge in [0.2, 0.25) is 0 Å². The Morgan fingerprint density at radius 1 is 1.30 bits per heavy atom. The number of ketones is 1. The van der Waals surface area contributed by atoms with Gasteiger partial charge in [0.15, 0.2) is 5.78 Å². The third kappa shape index (κ3) is 1.73. The Kier molecular flexibility index (Phi) is 2.78. The van der Waals surface area contributed by atoms with Crippen molar-refractivity contribution in [3.05, 3.63) is 11.1 Å². The van der Waals surface area contributed by atoms with E-state index in [1.165, 1.54) is 0 Å². The fourth-order valence-corrected chi connectivity index (χ4v) is 3.57. The van der Waals surface area contributed by atoms with Crippen molar-refractivity contribution in [2.24, 2.45) is 0 Å². The first-order valence-electron chi connectivity index (χ1n) is 7.11. The molecule has 3 rings (SSSR count). The Bertz CT molecular complexity index is 504. The number of Topliss-reactive ketones (excluding diaryl/α,β-unsaturated/α-hetero) is 1. The summed E-state index contributed by atoms with van der Waals surface area (Å²) in [6.45, 7) is 7.14. The Balaban J connectivity index is 2.01. The van der Waals surface area contributed by atoms with Gasteiger partial charge in [-0.2, -0.15) is 0 Å². The monoisotopic (exact) mass is 282 g/mol. The van der Waals surface area contributed by atoms with Crippen molar-refractivity contribution in [1.29, 1.82) is 0 Å². The van der Waals surface area contributed by atoms with E-state index in [0.717, 1.165) is 11.1 Å². The lowest BCUT2D eigenvalue weighted by atomic mass is 9.78. The number of rotatable bonds is 0. The summed E-state index contributed by atoms with van der Waals surface area (Å²) in [4.78, 5) is 12.4. The van der Waals surface area contributed by atoms with Crippen LogP contribution in [0.5, 0.6) is 0 Å². The molecule has 0 aromatic heterocycles. The topological polar surface area (TPSA) is 76.0 Å². The van der Waals surface area contributed by atoms with E-state index in [1.807, 2.05) is 20.8 Å². The quantitative estimate of drug-likeness (QED) is 0.650. The largest absolute Gasteiger partial charge is 0.387 e. The molecule has 4 unspecified atom stereocenters. The standard InChI is InChI=1S/C15H22O5/c1-8-9-5-6-14(4,18)12(17)11(9)19-15(8)10(16)7-13(2,3)20-15/h11-12,17-18H,5-7H2,1-4H3. The normalized spacial score (nSPS) is 47.2. The zero-order chi connectivity index (χ0) is 14.9. The molecule has 0 bridgehead atoms. The maximum absolute atomic E-state index is 12.4. The summed E-state index contributed by atoms with van der Waals surface area (Å²) in [5.74, 6) is -1.46. The smallest absolute Gasteiger partial charge is 0.253 e. The van der Waals surface area contributed by atoms with Gasteiger partial charge < -0.3 is 19.7 Å². The number of carbonyl (C=O) groups is 1. The van der Waals surface area contributed by atoms with E-state index in [-0.39, 0.29) is 12.2 Å². The fraction of sp³-hybridized carbons (Fsp3) is 0.800. The van der Waals surface area contributed by atoms with Gasteiger partial charge in [-0.15, -0.1) is 0 Å². The van der Waals surface area contributed by atoms with E-state index in [0.29, 0.717) is 12.8 Å². The molecule has 1 saturated carbocycles. The molecule has 2 heterocycles. The Hall–Kier alpha value is -0.750. The summed E-state index contributed by atoms with van der Waals surface area (Å²) >= 11 is 0. The van der Waals surface area contributed by atoms with E-state index in [1.54, 1.807) is 6.92 Å². The molecule has 112 valence electrons. The average Bonchev–Trinajstić information content (AvgIpc) is 2.71. The van der Waals surface area contributed by atoms with Gasteiger partial charge in [0.25, 0.3) is 5.79 Å². The lowest BCUT2D eigenvalue weighted by Crippen LogP contribution is -2.52. The first-order chi connectivity index (χ1) is 9.09. The molecule has 2 aliphatic heterocycles. The van der Waals surface area contributed by atoms with Crippen LogP contribution in [0.3, 0.4) is 0 Å². The predicted molar refractivity (Wildman–Crippen MR) is 71.0 cm³/mol. The average molecular weight is 282 g/mol. The molecule has 0 amide bonds. The molecular formula is C15H22O5. The van der Waals surface area contributed by atoms with E-state index in [4.69, 9.17) is 9.47 Å². The zero-order valence-corrected chi connectivity index (χ0v) is 12.4. The van der Waals surface area contributed by atoms with E-state index in [9.17, 15) is 15.0 Å². The molecule has 2 fully saturated rings. The second-order valence-electron chi connectivity index (χ2n) is 7.07. The molecule has 1 spiro atoms. The Morgan fingerprint density at radius 3 is 2.50 bits per heavy atom. The van der Waals surface area contributed by atoms with Gasteiger partial charge in [0.1, 0.15) is 12.2 Å². The molecule has 0 aromatic rings. The molecule has 2 N–H and O–H groups in total. The maximum atomic E-state index is 12.4. The van der Waals surface area contributed by atoms with E-state index in [2.05, 4.69) is 0 Å². The number of hydrogen-bond donors (Lipinski definition) is 2. The molecule has 20 heavy (non-hydrogen) atoms. The maximum Gasteiger partial charge on any atom is 0.253 e. The van der Waals surface area contributed by atoms with Gasteiger partial charge in [-0.05, 0) is 51.7 Å². The molecule has 4 atom stereocenters. The summed E-state index contributed by atoms with van der Waals surface area (Å²) in [5.41, 5.74) is -0.112. The van der Waals surface area contributed by atoms with E-state index < -0.39 is 29.2 Å². The highest BCUT2D eigenvalue weighted by Crippen LogP contribution is 2.51. The van der Waals surface area contributed by atoms with Gasteiger partial charge in [-0.1, -0.05) is 0 Å². The van der Waals surface area contributed by atoms with Crippen molar-refractivity contribution >= 4 is 5.78 Å². The minimum Gasteiger partial charge on any atom is -0.387 e. The van der Waals surface area contributed by atoms with Crippen molar-refractivity contribution < 1.29 is 24.5 Å². The third-order valence-electron chi connectivity index (χ3n) is 4.81. The molecule has 5 heteroatoms. The van der Waals surface area contributed by atoms with Crippen molar-refractivity contribution in [3.63, 3.8) is 0 Å². The predicted octanol–water partition coefficient (Wildman–Crippen LogP) is 1.07. The molecule has 1 aliphatic carbocycles. The van der Waals surface area contributed by atoms with Crippen LogP contribution in [0.15, 0.2) is 11.1 Å². The number of aliphatic hydroxyl groups is 2. The number of carbonyl (C=O) groups excluding carboxylic acids is 1. The summed E-state index contributed by atoms with van der Waals surface area (Å²) in [7, 11) is 0. The SMILES string of the molecule is CC1=C2CCC(C)(O)C(O)C2OC12OC(C)(C)CC2=O. The second-order valence-corrected chi connectivity index (χ2v) is 7.07. The van der Waals surface area contributed by atoms with Crippen molar-refractivity contribution in [1.82, 2.24) is 0 Å². The van der Waals surface area contributed by atoms with Gasteiger partial charge in [-0.3, -0.25) is 4.79 Å².